The summed E-state index contributed by atoms with van der Waals surface area (Å²) in [7, 11) is -6.44. The minimum absolute atomic E-state index is 0.0668. The Balaban J connectivity index is 1.79. The van der Waals surface area contributed by atoms with Gasteiger partial charge in [0.05, 0.1) is 21.9 Å². The molecule has 9 nitrogen and oxygen atoms in total. The highest BCUT2D eigenvalue weighted by atomic mass is 35.5. The van der Waals surface area contributed by atoms with E-state index in [4.69, 9.17) is 16.3 Å². The molecule has 0 radical (unpaired) electrons. The maximum absolute atomic E-state index is 12.5. The van der Waals surface area contributed by atoms with Gasteiger partial charge in [0.1, 0.15) is 5.75 Å². The van der Waals surface area contributed by atoms with Crippen molar-refractivity contribution in [2.45, 2.75) is 9.79 Å². The lowest BCUT2D eigenvalue weighted by atomic mass is 10.3. The summed E-state index contributed by atoms with van der Waals surface area (Å²) in [4.78, 5) is 7.44. The zero-order valence-electron chi connectivity index (χ0n) is 14.9. The second-order valence-electron chi connectivity index (χ2n) is 5.60. The molecular formula is C17H15ClN4O5S2. The monoisotopic (exact) mass is 454 g/mol. The second kappa shape index (κ2) is 8.23. The average Bonchev–Trinajstić information content (AvgIpc) is 2.68. The Hall–Kier alpha value is -2.89. The number of ether oxygens (including phenoxy) is 1. The second-order valence-corrected chi connectivity index (χ2v) is 9.38. The fourth-order valence-corrected chi connectivity index (χ4v) is 4.63. The molecule has 0 unspecified atom stereocenters. The smallest absolute Gasteiger partial charge is 0.264 e. The van der Waals surface area contributed by atoms with Gasteiger partial charge in [-0.05, 0) is 48.5 Å². The minimum atomic E-state index is -3.93. The standard InChI is InChI=1S/C17H15ClN4O5S2/c1-27-16-8-7-14(11-15(16)18)29(25,26)21-12-3-5-13(6-4-12)28(23,24)22-17-19-9-2-10-20-17/h2-11,21H,1H3,(H,19,20,22). The number of rotatable bonds is 7. The van der Waals surface area contributed by atoms with Gasteiger partial charge in [-0.2, -0.15) is 0 Å². The summed E-state index contributed by atoms with van der Waals surface area (Å²) in [5.74, 6) is 0.267. The molecule has 0 fully saturated rings. The molecule has 0 aliphatic rings. The minimum Gasteiger partial charge on any atom is -0.495 e. The Kier molecular flexibility index (Phi) is 5.91. The number of halogens is 1. The molecule has 0 bridgehead atoms. The maximum atomic E-state index is 12.5. The summed E-state index contributed by atoms with van der Waals surface area (Å²) < 4.78 is 59.3. The van der Waals surface area contributed by atoms with Crippen LogP contribution in [0.15, 0.2) is 70.7 Å². The molecule has 29 heavy (non-hydrogen) atoms. The lowest BCUT2D eigenvalue weighted by Gasteiger charge is -2.11. The van der Waals surface area contributed by atoms with Crippen LogP contribution >= 0.6 is 11.6 Å². The van der Waals surface area contributed by atoms with Gasteiger partial charge in [0.2, 0.25) is 5.95 Å². The number of hydrogen-bond donors (Lipinski definition) is 2. The maximum Gasteiger partial charge on any atom is 0.264 e. The van der Waals surface area contributed by atoms with E-state index in [0.717, 1.165) is 0 Å². The Morgan fingerprint density at radius 1 is 0.862 bits per heavy atom. The third-order valence-corrected chi connectivity index (χ3v) is 6.66. The van der Waals surface area contributed by atoms with Crippen molar-refractivity contribution in [3.63, 3.8) is 0 Å². The van der Waals surface area contributed by atoms with E-state index in [-0.39, 0.29) is 26.4 Å². The highest BCUT2D eigenvalue weighted by molar-refractivity contribution is 7.93. The van der Waals surface area contributed by atoms with E-state index < -0.39 is 20.0 Å². The van der Waals surface area contributed by atoms with E-state index >= 15 is 0 Å². The topological polar surface area (TPSA) is 127 Å². The van der Waals surface area contributed by atoms with Gasteiger partial charge in [0.25, 0.3) is 20.0 Å². The predicted molar refractivity (Wildman–Crippen MR) is 108 cm³/mol. The van der Waals surface area contributed by atoms with Crippen LogP contribution in [0.2, 0.25) is 5.02 Å². The molecule has 0 saturated carbocycles. The molecule has 0 aliphatic heterocycles. The normalized spacial score (nSPS) is 11.7. The molecule has 0 saturated heterocycles. The molecule has 2 aromatic carbocycles. The van der Waals surface area contributed by atoms with Crippen LogP contribution in [0.5, 0.6) is 5.75 Å². The van der Waals surface area contributed by atoms with Crippen molar-refractivity contribution in [1.82, 2.24) is 9.97 Å². The quantitative estimate of drug-likeness (QED) is 0.561. The molecule has 0 amide bonds. The zero-order chi connectivity index (χ0) is 21.1. The third-order valence-electron chi connectivity index (χ3n) is 3.64. The van der Waals surface area contributed by atoms with E-state index in [1.807, 2.05) is 0 Å². The van der Waals surface area contributed by atoms with E-state index in [1.54, 1.807) is 6.07 Å². The van der Waals surface area contributed by atoms with Gasteiger partial charge in [0.15, 0.2) is 0 Å². The van der Waals surface area contributed by atoms with Gasteiger partial charge in [0, 0.05) is 18.1 Å². The van der Waals surface area contributed by atoms with Crippen LogP contribution in [0.25, 0.3) is 0 Å². The van der Waals surface area contributed by atoms with Crippen LogP contribution in [0.4, 0.5) is 11.6 Å². The van der Waals surface area contributed by atoms with E-state index in [1.165, 1.54) is 62.0 Å². The van der Waals surface area contributed by atoms with Crippen molar-refractivity contribution >= 4 is 43.3 Å². The number of nitrogens with zero attached hydrogens (tertiary/aromatic N) is 2. The molecule has 1 aromatic heterocycles. The summed E-state index contributed by atoms with van der Waals surface area (Å²) in [6.45, 7) is 0. The number of anilines is 2. The summed E-state index contributed by atoms with van der Waals surface area (Å²) in [6, 6.07) is 10.7. The molecule has 0 aliphatic carbocycles. The first-order chi connectivity index (χ1) is 13.7. The lowest BCUT2D eigenvalue weighted by molar-refractivity contribution is 0.414. The first kappa shape index (κ1) is 20.8. The number of nitrogens with one attached hydrogen (secondary N) is 2. The predicted octanol–water partition coefficient (Wildman–Crippen LogP) is 2.74. The van der Waals surface area contributed by atoms with Crippen LogP contribution in [0, 0.1) is 0 Å². The lowest BCUT2D eigenvalue weighted by Crippen LogP contribution is -2.15. The molecule has 12 heteroatoms. The van der Waals surface area contributed by atoms with Gasteiger partial charge in [-0.3, -0.25) is 4.72 Å². The first-order valence-electron chi connectivity index (χ1n) is 7.97. The fraction of sp³-hybridized carbons (Fsp3) is 0.0588. The summed E-state index contributed by atoms with van der Waals surface area (Å²) in [5.41, 5.74) is 0.173. The molecule has 3 rings (SSSR count). The molecule has 2 N–H and O–H groups in total. The van der Waals surface area contributed by atoms with Crippen molar-refractivity contribution < 1.29 is 21.6 Å². The Morgan fingerprint density at radius 2 is 1.45 bits per heavy atom. The van der Waals surface area contributed by atoms with Gasteiger partial charge in [-0.1, -0.05) is 11.6 Å². The van der Waals surface area contributed by atoms with Crippen molar-refractivity contribution in [3.8, 4) is 5.75 Å². The van der Waals surface area contributed by atoms with Crippen LogP contribution in [0.1, 0.15) is 0 Å². The van der Waals surface area contributed by atoms with Gasteiger partial charge >= 0.3 is 0 Å². The first-order valence-corrected chi connectivity index (χ1v) is 11.3. The Labute approximate surface area is 172 Å². The molecule has 1 heterocycles. The van der Waals surface area contributed by atoms with Crippen molar-refractivity contribution in [2.24, 2.45) is 0 Å². The number of benzene rings is 2. The zero-order valence-corrected chi connectivity index (χ0v) is 17.3. The molecular weight excluding hydrogens is 440 g/mol. The SMILES string of the molecule is COc1ccc(S(=O)(=O)Nc2ccc(S(=O)(=O)Nc3ncccn3)cc2)cc1Cl. The molecule has 3 aromatic rings. The molecule has 0 atom stereocenters. The summed E-state index contributed by atoms with van der Waals surface area (Å²) >= 11 is 5.97. The van der Waals surface area contributed by atoms with Crippen molar-refractivity contribution in [2.75, 3.05) is 16.6 Å². The average molecular weight is 455 g/mol. The van der Waals surface area contributed by atoms with Crippen molar-refractivity contribution in [1.29, 1.82) is 0 Å². The van der Waals surface area contributed by atoms with Crippen LogP contribution < -0.4 is 14.2 Å². The summed E-state index contributed by atoms with van der Waals surface area (Å²) in [5, 5.41) is 0.144. The molecule has 152 valence electrons. The van der Waals surface area contributed by atoms with E-state index in [2.05, 4.69) is 19.4 Å². The number of hydrogen-bond acceptors (Lipinski definition) is 7. The number of sulfonamides is 2. The molecule has 0 spiro atoms. The highest BCUT2D eigenvalue weighted by Gasteiger charge is 2.18. The summed E-state index contributed by atoms with van der Waals surface area (Å²) in [6.07, 6.45) is 2.79. The van der Waals surface area contributed by atoms with Crippen LogP contribution in [0.3, 0.4) is 0 Å². The van der Waals surface area contributed by atoms with Crippen molar-refractivity contribution in [3.05, 3.63) is 65.9 Å². The highest BCUT2D eigenvalue weighted by Crippen LogP contribution is 2.28. The van der Waals surface area contributed by atoms with E-state index in [0.29, 0.717) is 5.75 Å². The number of aromatic nitrogens is 2. The van der Waals surface area contributed by atoms with Gasteiger partial charge in [-0.25, -0.2) is 31.5 Å². The third kappa shape index (κ3) is 4.94. The van der Waals surface area contributed by atoms with E-state index in [9.17, 15) is 16.8 Å². The van der Waals surface area contributed by atoms with Crippen LogP contribution in [-0.2, 0) is 20.0 Å². The van der Waals surface area contributed by atoms with Gasteiger partial charge < -0.3 is 4.74 Å². The number of methoxy groups -OCH3 is 1. The fourth-order valence-electron chi connectivity index (χ4n) is 2.26. The largest absolute Gasteiger partial charge is 0.495 e. The van der Waals surface area contributed by atoms with Crippen LogP contribution in [-0.4, -0.2) is 33.9 Å². The Bertz CT molecular complexity index is 1220. The Morgan fingerprint density at radius 3 is 2.03 bits per heavy atom. The van der Waals surface area contributed by atoms with Gasteiger partial charge in [-0.15, -0.1) is 0 Å².